The zero-order valence-electron chi connectivity index (χ0n) is 11.6. The van der Waals surface area contributed by atoms with Crippen molar-refractivity contribution in [3.8, 4) is 0 Å². The summed E-state index contributed by atoms with van der Waals surface area (Å²) in [5.41, 5.74) is -0.798. The van der Waals surface area contributed by atoms with Crippen LogP contribution in [0.2, 0.25) is 0 Å². The Morgan fingerprint density at radius 3 is 2.30 bits per heavy atom. The van der Waals surface area contributed by atoms with Gasteiger partial charge in [0.05, 0.1) is 24.3 Å². The summed E-state index contributed by atoms with van der Waals surface area (Å²) in [6.45, 7) is -0.535. The number of rotatable bonds is 6. The summed E-state index contributed by atoms with van der Waals surface area (Å²) in [5, 5.41) is 29.4. The summed E-state index contributed by atoms with van der Waals surface area (Å²) in [4.78, 5) is 46.5. The number of anilines is 1. The molecule has 1 aromatic rings. The third-order valence-corrected chi connectivity index (χ3v) is 3.09. The van der Waals surface area contributed by atoms with Gasteiger partial charge in [0.2, 0.25) is 0 Å². The van der Waals surface area contributed by atoms with E-state index in [1.807, 2.05) is 0 Å². The normalized spacial score (nSPS) is 14.0. The fraction of sp³-hybridized carbons (Fsp3) is 0.143. The first-order valence-corrected chi connectivity index (χ1v) is 6.41. The Kier molecular flexibility index (Phi) is 4.42. The van der Waals surface area contributed by atoms with Gasteiger partial charge in [-0.1, -0.05) is 0 Å². The molecule has 0 fully saturated rings. The Labute approximate surface area is 129 Å². The van der Waals surface area contributed by atoms with Crippen LogP contribution < -0.4 is 5.32 Å². The number of carbonyl (C=O) groups excluding carboxylic acids is 2. The van der Waals surface area contributed by atoms with Gasteiger partial charge in [-0.25, -0.2) is 9.59 Å². The first-order valence-electron chi connectivity index (χ1n) is 6.41. The molecule has 9 nitrogen and oxygen atoms in total. The molecule has 0 aromatic heterocycles. The van der Waals surface area contributed by atoms with E-state index in [4.69, 9.17) is 15.3 Å². The molecule has 0 saturated heterocycles. The number of aliphatic hydroxyl groups is 1. The van der Waals surface area contributed by atoms with Gasteiger partial charge in [0, 0.05) is 11.8 Å². The fourth-order valence-electron chi connectivity index (χ4n) is 2.05. The molecular weight excluding hydrogens is 308 g/mol. The first-order chi connectivity index (χ1) is 10.8. The number of hydrogen-bond donors (Lipinski definition) is 4. The molecule has 120 valence electrons. The van der Waals surface area contributed by atoms with Gasteiger partial charge in [0.25, 0.3) is 11.8 Å². The second kappa shape index (κ2) is 6.28. The van der Waals surface area contributed by atoms with Crippen molar-refractivity contribution in [3.63, 3.8) is 0 Å². The van der Waals surface area contributed by atoms with Crippen LogP contribution in [0, 0.1) is 0 Å². The van der Waals surface area contributed by atoms with E-state index in [9.17, 15) is 19.2 Å². The lowest BCUT2D eigenvalue weighted by atomic mass is 10.1. The van der Waals surface area contributed by atoms with Crippen LogP contribution in [0.15, 0.2) is 30.0 Å². The summed E-state index contributed by atoms with van der Waals surface area (Å²) in [6.07, 6.45) is 1.02. The van der Waals surface area contributed by atoms with Crippen molar-refractivity contribution in [1.82, 2.24) is 4.90 Å². The topological polar surface area (TPSA) is 144 Å². The van der Waals surface area contributed by atoms with Crippen molar-refractivity contribution in [2.45, 2.75) is 0 Å². The highest BCUT2D eigenvalue weighted by atomic mass is 16.4. The number of carboxylic acids is 2. The maximum atomic E-state index is 12.0. The van der Waals surface area contributed by atoms with Crippen LogP contribution in [0.1, 0.15) is 20.7 Å². The van der Waals surface area contributed by atoms with Gasteiger partial charge >= 0.3 is 11.9 Å². The van der Waals surface area contributed by atoms with Crippen molar-refractivity contribution in [1.29, 1.82) is 0 Å². The summed E-state index contributed by atoms with van der Waals surface area (Å²) in [6, 6.07) is 3.42. The SMILES string of the molecule is O=C(O)c1ccc(NC2=CC(=O)N(CCO)C2=O)cc1C(=O)O. The van der Waals surface area contributed by atoms with Crippen LogP contribution in [0.5, 0.6) is 0 Å². The van der Waals surface area contributed by atoms with E-state index in [0.717, 1.165) is 23.1 Å². The van der Waals surface area contributed by atoms with Crippen LogP contribution in [-0.2, 0) is 9.59 Å². The van der Waals surface area contributed by atoms with E-state index >= 15 is 0 Å². The van der Waals surface area contributed by atoms with Gasteiger partial charge in [-0.3, -0.25) is 14.5 Å². The van der Waals surface area contributed by atoms with Crippen LogP contribution in [0.3, 0.4) is 0 Å². The average molecular weight is 320 g/mol. The van der Waals surface area contributed by atoms with Gasteiger partial charge in [-0.05, 0) is 18.2 Å². The highest BCUT2D eigenvalue weighted by Crippen LogP contribution is 2.20. The third kappa shape index (κ3) is 3.19. The van der Waals surface area contributed by atoms with Crippen molar-refractivity contribution >= 4 is 29.4 Å². The molecule has 0 atom stereocenters. The number of benzene rings is 1. The number of amides is 2. The lowest BCUT2D eigenvalue weighted by Gasteiger charge is -2.13. The number of nitrogens with zero attached hydrogens (tertiary/aromatic N) is 1. The molecule has 0 saturated carbocycles. The number of β-amino-alcohol motifs (C(OH)–C–C–N with tert-alkyl or cyclic N) is 1. The van der Waals surface area contributed by atoms with Gasteiger partial charge in [-0.15, -0.1) is 0 Å². The van der Waals surface area contributed by atoms with Crippen molar-refractivity contribution in [2.75, 3.05) is 18.5 Å². The zero-order valence-corrected chi connectivity index (χ0v) is 11.6. The number of imide groups is 1. The highest BCUT2D eigenvalue weighted by molar-refractivity contribution is 6.17. The molecule has 1 aliphatic rings. The predicted octanol–water partition coefficient (Wildman–Crippen LogP) is -0.260. The second-order valence-corrected chi connectivity index (χ2v) is 4.57. The second-order valence-electron chi connectivity index (χ2n) is 4.57. The van der Waals surface area contributed by atoms with Crippen LogP contribution >= 0.6 is 0 Å². The number of carboxylic acid groups (broad SMARTS) is 2. The lowest BCUT2D eigenvalue weighted by molar-refractivity contribution is -0.137. The Morgan fingerprint density at radius 2 is 1.74 bits per heavy atom. The summed E-state index contributed by atoms with van der Waals surface area (Å²) >= 11 is 0. The largest absolute Gasteiger partial charge is 0.478 e. The van der Waals surface area contributed by atoms with E-state index < -0.39 is 34.9 Å². The smallest absolute Gasteiger partial charge is 0.336 e. The predicted molar refractivity (Wildman–Crippen MR) is 75.9 cm³/mol. The van der Waals surface area contributed by atoms with Gasteiger partial charge in [0.1, 0.15) is 5.70 Å². The van der Waals surface area contributed by atoms with Crippen LogP contribution in [0.4, 0.5) is 5.69 Å². The summed E-state index contributed by atoms with van der Waals surface area (Å²) < 4.78 is 0. The molecule has 0 spiro atoms. The summed E-state index contributed by atoms with van der Waals surface area (Å²) in [5.74, 6) is -4.10. The molecule has 0 unspecified atom stereocenters. The number of carbonyl (C=O) groups is 4. The Morgan fingerprint density at radius 1 is 1.09 bits per heavy atom. The molecule has 2 amide bonds. The van der Waals surface area contributed by atoms with Crippen LogP contribution in [-0.4, -0.2) is 57.1 Å². The number of aromatic carboxylic acids is 2. The molecule has 1 aliphatic heterocycles. The molecular formula is C14H12N2O7. The van der Waals surface area contributed by atoms with Crippen molar-refractivity contribution in [2.24, 2.45) is 0 Å². The van der Waals surface area contributed by atoms with E-state index in [-0.39, 0.29) is 24.5 Å². The zero-order chi connectivity index (χ0) is 17.1. The molecule has 1 heterocycles. The lowest BCUT2D eigenvalue weighted by Crippen LogP contribution is -2.34. The maximum Gasteiger partial charge on any atom is 0.336 e. The van der Waals surface area contributed by atoms with Crippen LogP contribution in [0.25, 0.3) is 0 Å². The standard InChI is InChI=1S/C14H12N2O7/c17-4-3-16-11(18)6-10(12(16)19)15-7-1-2-8(13(20)21)9(5-7)14(22)23/h1-2,5-6,15,17H,3-4H2,(H,20,21)(H,22,23). The van der Waals surface area contributed by atoms with E-state index in [1.165, 1.54) is 6.07 Å². The molecule has 9 heteroatoms. The molecule has 0 bridgehead atoms. The monoisotopic (exact) mass is 320 g/mol. The minimum Gasteiger partial charge on any atom is -0.478 e. The number of nitrogens with one attached hydrogen (secondary N) is 1. The van der Waals surface area contributed by atoms with Gasteiger partial charge in [-0.2, -0.15) is 0 Å². The fourth-order valence-corrected chi connectivity index (χ4v) is 2.05. The molecule has 23 heavy (non-hydrogen) atoms. The quantitative estimate of drug-likeness (QED) is 0.525. The molecule has 2 rings (SSSR count). The maximum absolute atomic E-state index is 12.0. The van der Waals surface area contributed by atoms with Gasteiger partial charge in [0.15, 0.2) is 0 Å². The molecule has 0 aliphatic carbocycles. The Balaban J connectivity index is 2.28. The van der Waals surface area contributed by atoms with E-state index in [2.05, 4.69) is 5.32 Å². The van der Waals surface area contributed by atoms with E-state index in [0.29, 0.717) is 0 Å². The van der Waals surface area contributed by atoms with E-state index in [1.54, 1.807) is 0 Å². The molecule has 0 radical (unpaired) electrons. The Bertz CT molecular complexity index is 739. The van der Waals surface area contributed by atoms with Crippen molar-refractivity contribution < 1.29 is 34.5 Å². The van der Waals surface area contributed by atoms with Gasteiger partial charge < -0.3 is 20.6 Å². The molecule has 1 aromatic carbocycles. The Hall–Kier alpha value is -3.20. The summed E-state index contributed by atoms with van der Waals surface area (Å²) in [7, 11) is 0. The average Bonchev–Trinajstić information content (AvgIpc) is 2.75. The first kappa shape index (κ1) is 16.2. The van der Waals surface area contributed by atoms with Crippen molar-refractivity contribution in [3.05, 3.63) is 41.1 Å². The molecule has 4 N–H and O–H groups in total. The minimum atomic E-state index is -1.43. The third-order valence-electron chi connectivity index (χ3n) is 3.09. The minimum absolute atomic E-state index is 0.0946. The number of aliphatic hydroxyl groups excluding tert-OH is 1. The number of hydrogen-bond acceptors (Lipinski definition) is 6. The highest BCUT2D eigenvalue weighted by Gasteiger charge is 2.30.